The number of benzene rings is 1. The number of nitriles is 2. The fraction of sp³-hybridized carbons (Fsp3) is 0.138. The van der Waals surface area contributed by atoms with Crippen LogP contribution in [-0.2, 0) is 5.41 Å². The number of amides is 1. The molecule has 1 amide bonds. The van der Waals surface area contributed by atoms with Gasteiger partial charge in [-0.05, 0) is 80.0 Å². The molecule has 0 saturated carbocycles. The molecule has 1 aliphatic heterocycles. The van der Waals surface area contributed by atoms with Gasteiger partial charge in [0.25, 0.3) is 5.91 Å². The van der Waals surface area contributed by atoms with Crippen molar-refractivity contribution in [2.45, 2.75) is 26.2 Å². The standard InChI is InChI=1S/C29H24N6O/c1-19-8-11-35(12-9-19)27-22(16-30)13-23(17-33-27)25-15-24(6-5-20(25)2)34-28(36)21-7-10-32-26(14-21)29(3,4)18-31/h5-15,17H,1H2,2-4H3,(H,34,36). The highest BCUT2D eigenvalue weighted by Gasteiger charge is 2.23. The second-order valence-electron chi connectivity index (χ2n) is 8.97. The van der Waals surface area contributed by atoms with Crippen LogP contribution in [0.5, 0.6) is 0 Å². The summed E-state index contributed by atoms with van der Waals surface area (Å²) in [5.41, 5.74) is 4.61. The quantitative estimate of drug-likeness (QED) is 0.504. The maximum atomic E-state index is 13.0. The number of aromatic nitrogens is 2. The van der Waals surface area contributed by atoms with Gasteiger partial charge in [0.15, 0.2) is 5.82 Å². The molecular weight excluding hydrogens is 448 g/mol. The zero-order valence-electron chi connectivity index (χ0n) is 20.3. The van der Waals surface area contributed by atoms with Crippen LogP contribution in [0.3, 0.4) is 0 Å². The first kappa shape index (κ1) is 24.1. The average Bonchev–Trinajstić information content (AvgIpc) is 2.90. The van der Waals surface area contributed by atoms with Crippen LogP contribution in [0.2, 0.25) is 0 Å². The second-order valence-corrected chi connectivity index (χ2v) is 8.97. The summed E-state index contributed by atoms with van der Waals surface area (Å²) < 4.78 is 0. The Morgan fingerprint density at radius 2 is 1.83 bits per heavy atom. The van der Waals surface area contributed by atoms with Crippen LogP contribution in [0.25, 0.3) is 11.1 Å². The van der Waals surface area contributed by atoms with E-state index in [1.54, 1.807) is 43.1 Å². The third-order valence-corrected chi connectivity index (χ3v) is 5.88. The molecule has 0 bridgehead atoms. The Balaban J connectivity index is 1.62. The van der Waals surface area contributed by atoms with Crippen molar-refractivity contribution < 1.29 is 4.79 Å². The zero-order chi connectivity index (χ0) is 25.9. The zero-order valence-corrected chi connectivity index (χ0v) is 20.3. The molecule has 2 aromatic heterocycles. The molecule has 0 radical (unpaired) electrons. The van der Waals surface area contributed by atoms with Crippen LogP contribution in [0.4, 0.5) is 11.5 Å². The lowest BCUT2D eigenvalue weighted by molar-refractivity contribution is 0.102. The number of hydrogen-bond donors (Lipinski definition) is 1. The van der Waals surface area contributed by atoms with E-state index < -0.39 is 5.41 Å². The van der Waals surface area contributed by atoms with E-state index >= 15 is 0 Å². The van der Waals surface area contributed by atoms with Crippen molar-refractivity contribution in [3.63, 3.8) is 0 Å². The Hall–Kier alpha value is -5.01. The molecule has 1 aliphatic rings. The third-order valence-electron chi connectivity index (χ3n) is 5.88. The van der Waals surface area contributed by atoms with E-state index in [4.69, 9.17) is 0 Å². The van der Waals surface area contributed by atoms with E-state index in [1.165, 1.54) is 6.20 Å². The van der Waals surface area contributed by atoms with Crippen LogP contribution >= 0.6 is 0 Å². The van der Waals surface area contributed by atoms with E-state index in [2.05, 4.69) is 34.0 Å². The number of nitrogens with zero attached hydrogens (tertiary/aromatic N) is 5. The van der Waals surface area contributed by atoms with Gasteiger partial charge in [-0.25, -0.2) is 4.98 Å². The van der Waals surface area contributed by atoms with Crippen LogP contribution in [-0.4, -0.2) is 15.9 Å². The summed E-state index contributed by atoms with van der Waals surface area (Å²) in [5, 5.41) is 22.1. The number of nitrogens with one attached hydrogen (secondary N) is 1. The van der Waals surface area contributed by atoms with Crippen molar-refractivity contribution in [3.8, 4) is 23.3 Å². The van der Waals surface area contributed by atoms with E-state index in [0.29, 0.717) is 28.3 Å². The topological polar surface area (TPSA) is 106 Å². The molecule has 0 unspecified atom stereocenters. The number of allylic oxidation sites excluding steroid dienone is 3. The lowest BCUT2D eigenvalue weighted by Crippen LogP contribution is -2.18. The molecule has 176 valence electrons. The number of pyridine rings is 2. The number of rotatable bonds is 5. The highest BCUT2D eigenvalue weighted by molar-refractivity contribution is 6.04. The molecule has 0 aliphatic carbocycles. The van der Waals surface area contributed by atoms with Crippen LogP contribution in [0.15, 0.2) is 85.5 Å². The summed E-state index contributed by atoms with van der Waals surface area (Å²) in [6.45, 7) is 9.36. The van der Waals surface area contributed by atoms with Crippen molar-refractivity contribution in [2.24, 2.45) is 0 Å². The Morgan fingerprint density at radius 1 is 1.08 bits per heavy atom. The molecule has 1 N–H and O–H groups in total. The highest BCUT2D eigenvalue weighted by atomic mass is 16.1. The van der Waals surface area contributed by atoms with Gasteiger partial charge in [-0.2, -0.15) is 10.5 Å². The smallest absolute Gasteiger partial charge is 0.255 e. The molecule has 3 heterocycles. The molecule has 3 aromatic rings. The predicted octanol–water partition coefficient (Wildman–Crippen LogP) is 5.78. The molecule has 0 atom stereocenters. The monoisotopic (exact) mass is 472 g/mol. The summed E-state index contributed by atoms with van der Waals surface area (Å²) in [6, 6.07) is 15.1. The first-order valence-corrected chi connectivity index (χ1v) is 11.3. The molecule has 4 rings (SSSR count). The first-order chi connectivity index (χ1) is 17.2. The van der Waals surface area contributed by atoms with Gasteiger partial charge >= 0.3 is 0 Å². The molecule has 0 fully saturated rings. The molecule has 36 heavy (non-hydrogen) atoms. The number of carbonyl (C=O) groups excluding carboxylic acids is 1. The van der Waals surface area contributed by atoms with Crippen molar-refractivity contribution in [2.75, 3.05) is 10.2 Å². The van der Waals surface area contributed by atoms with Crippen LogP contribution in [0, 0.1) is 29.6 Å². The molecule has 1 aromatic carbocycles. The van der Waals surface area contributed by atoms with Crippen molar-refractivity contribution >= 4 is 17.4 Å². The Kier molecular flexibility index (Phi) is 6.50. The number of anilines is 2. The fourth-order valence-electron chi connectivity index (χ4n) is 3.68. The van der Waals surface area contributed by atoms with Gasteiger partial charge in [0.2, 0.25) is 0 Å². The second kappa shape index (κ2) is 9.69. The van der Waals surface area contributed by atoms with Gasteiger partial charge in [0.1, 0.15) is 6.07 Å². The first-order valence-electron chi connectivity index (χ1n) is 11.3. The molecule has 7 nitrogen and oxygen atoms in total. The van der Waals surface area contributed by atoms with Crippen molar-refractivity contribution in [1.82, 2.24) is 9.97 Å². The lowest BCUT2D eigenvalue weighted by Gasteiger charge is -2.19. The highest BCUT2D eigenvalue weighted by Crippen LogP contribution is 2.30. The van der Waals surface area contributed by atoms with E-state index in [1.807, 2.05) is 49.7 Å². The Morgan fingerprint density at radius 3 is 2.53 bits per heavy atom. The molecule has 0 spiro atoms. The summed E-state index contributed by atoms with van der Waals surface area (Å²) in [4.78, 5) is 23.5. The predicted molar refractivity (Wildman–Crippen MR) is 140 cm³/mol. The van der Waals surface area contributed by atoms with Crippen LogP contribution < -0.4 is 10.2 Å². The van der Waals surface area contributed by atoms with Gasteiger partial charge in [0, 0.05) is 41.6 Å². The average molecular weight is 473 g/mol. The largest absolute Gasteiger partial charge is 0.322 e. The fourth-order valence-corrected chi connectivity index (χ4v) is 3.68. The Bertz CT molecular complexity index is 1500. The maximum Gasteiger partial charge on any atom is 0.255 e. The Labute approximate surface area is 210 Å². The normalized spacial score (nSPS) is 12.7. The maximum absolute atomic E-state index is 13.0. The number of carbonyl (C=O) groups is 1. The summed E-state index contributed by atoms with van der Waals surface area (Å²) in [7, 11) is 0. The van der Waals surface area contributed by atoms with Crippen molar-refractivity contribution in [1.29, 1.82) is 10.5 Å². The minimum Gasteiger partial charge on any atom is -0.322 e. The van der Waals surface area contributed by atoms with E-state index in [9.17, 15) is 15.3 Å². The minimum absolute atomic E-state index is 0.307. The minimum atomic E-state index is -0.807. The summed E-state index contributed by atoms with van der Waals surface area (Å²) in [5.74, 6) is 0.218. The number of aryl methyl sites for hydroxylation is 1. The van der Waals surface area contributed by atoms with Gasteiger partial charge < -0.3 is 10.2 Å². The lowest BCUT2D eigenvalue weighted by atomic mass is 9.90. The molecular formula is C29H24N6O. The van der Waals surface area contributed by atoms with Gasteiger partial charge in [-0.1, -0.05) is 12.6 Å². The van der Waals surface area contributed by atoms with E-state index in [0.717, 1.165) is 22.3 Å². The van der Waals surface area contributed by atoms with Gasteiger partial charge in [-0.15, -0.1) is 0 Å². The molecule has 0 saturated heterocycles. The third kappa shape index (κ3) is 4.91. The summed E-state index contributed by atoms with van der Waals surface area (Å²) in [6.07, 6.45) is 10.6. The number of hydrogen-bond acceptors (Lipinski definition) is 6. The summed E-state index contributed by atoms with van der Waals surface area (Å²) >= 11 is 0. The van der Waals surface area contributed by atoms with Crippen molar-refractivity contribution in [3.05, 3.63) is 108 Å². The SMILES string of the molecule is C=C1C=CN(c2ncc(-c3cc(NC(=O)c4ccnc(C(C)(C)C#N)c4)ccc3C)cc2C#N)C=C1. The van der Waals surface area contributed by atoms with E-state index in [-0.39, 0.29) is 5.91 Å². The van der Waals surface area contributed by atoms with Gasteiger partial charge in [0.05, 0.1) is 22.7 Å². The van der Waals surface area contributed by atoms with Crippen LogP contribution in [0.1, 0.15) is 41.0 Å². The molecule has 7 heteroatoms. The van der Waals surface area contributed by atoms with Gasteiger partial charge in [-0.3, -0.25) is 9.78 Å².